The van der Waals surface area contributed by atoms with Gasteiger partial charge in [0, 0.05) is 6.42 Å². The van der Waals surface area contributed by atoms with Crippen molar-refractivity contribution in [1.29, 1.82) is 0 Å². The number of hydrogen-bond acceptors (Lipinski definition) is 2. The van der Waals surface area contributed by atoms with Crippen LogP contribution >= 0.6 is 0 Å². The third kappa shape index (κ3) is 2.62. The van der Waals surface area contributed by atoms with Crippen molar-refractivity contribution in [3.05, 3.63) is 0 Å². The van der Waals surface area contributed by atoms with Crippen LogP contribution in [0.5, 0.6) is 0 Å². The van der Waals surface area contributed by atoms with E-state index in [4.69, 9.17) is 0 Å². The van der Waals surface area contributed by atoms with E-state index in [0.29, 0.717) is 5.92 Å². The maximum absolute atomic E-state index is 10.2. The zero-order valence-corrected chi connectivity index (χ0v) is 7.25. The predicted octanol–water partition coefficient (Wildman–Crippen LogP) is 1.31. The number of nitrogens with zero attached hydrogens (tertiary/aromatic N) is 1. The Hall–Kier alpha value is -0.370. The smallest absolute Gasteiger partial charge is 0.120 e. The second-order valence-electron chi connectivity index (χ2n) is 3.28. The summed E-state index contributed by atoms with van der Waals surface area (Å²) in [6, 6.07) is 0. The number of rotatable bonds is 3. The molecular formula is C9H17NO. The third-order valence-corrected chi connectivity index (χ3v) is 2.58. The highest BCUT2D eigenvalue weighted by molar-refractivity contribution is 5.49. The Kier molecular flexibility index (Phi) is 3.57. The quantitative estimate of drug-likeness (QED) is 0.573. The number of carbonyl (C=O) groups excluding carboxylic acids is 1. The number of hydrogen-bond donors (Lipinski definition) is 0. The second-order valence-corrected chi connectivity index (χ2v) is 3.28. The van der Waals surface area contributed by atoms with Gasteiger partial charge in [0.15, 0.2) is 0 Å². The summed E-state index contributed by atoms with van der Waals surface area (Å²) in [6.07, 6.45) is 4.27. The van der Waals surface area contributed by atoms with Crippen molar-refractivity contribution in [1.82, 2.24) is 4.90 Å². The lowest BCUT2D eigenvalue weighted by molar-refractivity contribution is -0.108. The molecule has 0 unspecified atom stereocenters. The van der Waals surface area contributed by atoms with Gasteiger partial charge in [0.25, 0.3) is 0 Å². The van der Waals surface area contributed by atoms with Gasteiger partial charge in [0.2, 0.25) is 0 Å². The molecule has 1 heterocycles. The Morgan fingerprint density at radius 2 is 2.09 bits per heavy atom. The van der Waals surface area contributed by atoms with Gasteiger partial charge in [-0.05, 0) is 38.4 Å². The highest BCUT2D eigenvalue weighted by atomic mass is 16.1. The molecule has 11 heavy (non-hydrogen) atoms. The van der Waals surface area contributed by atoms with E-state index in [1.807, 2.05) is 0 Å². The number of carbonyl (C=O) groups is 1. The van der Waals surface area contributed by atoms with Crippen LogP contribution in [0.1, 0.15) is 26.2 Å². The molecule has 1 saturated heterocycles. The van der Waals surface area contributed by atoms with Gasteiger partial charge in [-0.3, -0.25) is 0 Å². The first kappa shape index (κ1) is 8.72. The lowest BCUT2D eigenvalue weighted by Crippen LogP contribution is -2.33. The van der Waals surface area contributed by atoms with E-state index in [2.05, 4.69) is 11.8 Å². The van der Waals surface area contributed by atoms with Crippen molar-refractivity contribution >= 4 is 6.29 Å². The first-order valence-corrected chi connectivity index (χ1v) is 4.52. The molecule has 0 aromatic carbocycles. The Balaban J connectivity index is 2.18. The summed E-state index contributed by atoms with van der Waals surface area (Å²) in [5.41, 5.74) is 0. The van der Waals surface area contributed by atoms with E-state index >= 15 is 0 Å². The molecule has 1 aliphatic heterocycles. The van der Waals surface area contributed by atoms with Crippen molar-refractivity contribution < 1.29 is 4.79 Å². The summed E-state index contributed by atoms with van der Waals surface area (Å²) < 4.78 is 0. The van der Waals surface area contributed by atoms with Gasteiger partial charge in [0.05, 0.1) is 0 Å². The molecule has 0 aromatic rings. The van der Waals surface area contributed by atoms with Crippen LogP contribution in [0, 0.1) is 5.92 Å². The zero-order chi connectivity index (χ0) is 8.10. The molecule has 1 rings (SSSR count). The van der Waals surface area contributed by atoms with Crippen molar-refractivity contribution in [2.45, 2.75) is 26.2 Å². The summed E-state index contributed by atoms with van der Waals surface area (Å²) in [4.78, 5) is 12.7. The standard InChI is InChI=1S/C9H17NO/c1-2-10-6-3-9(4-7-10)5-8-11/h8-9H,2-7H2,1H3. The largest absolute Gasteiger partial charge is 0.304 e. The topological polar surface area (TPSA) is 20.3 Å². The van der Waals surface area contributed by atoms with Crippen LogP contribution in [0.3, 0.4) is 0 Å². The van der Waals surface area contributed by atoms with E-state index in [1.54, 1.807) is 0 Å². The van der Waals surface area contributed by atoms with Crippen LogP contribution in [-0.2, 0) is 4.79 Å². The second kappa shape index (κ2) is 4.50. The molecule has 0 aliphatic carbocycles. The van der Waals surface area contributed by atoms with E-state index in [-0.39, 0.29) is 0 Å². The monoisotopic (exact) mass is 155 g/mol. The SMILES string of the molecule is CCN1CCC(CC=O)CC1. The number of aldehydes is 1. The molecule has 64 valence electrons. The van der Waals surface area contributed by atoms with E-state index in [9.17, 15) is 4.79 Å². The van der Waals surface area contributed by atoms with Gasteiger partial charge in [-0.25, -0.2) is 0 Å². The molecule has 0 bridgehead atoms. The van der Waals surface area contributed by atoms with E-state index < -0.39 is 0 Å². The van der Waals surface area contributed by atoms with Gasteiger partial charge in [-0.1, -0.05) is 6.92 Å². The molecule has 0 amide bonds. The van der Waals surface area contributed by atoms with Crippen molar-refractivity contribution in [2.75, 3.05) is 19.6 Å². The summed E-state index contributed by atoms with van der Waals surface area (Å²) in [5.74, 6) is 0.676. The summed E-state index contributed by atoms with van der Waals surface area (Å²) in [7, 11) is 0. The highest BCUT2D eigenvalue weighted by Gasteiger charge is 2.16. The Morgan fingerprint density at radius 1 is 1.45 bits per heavy atom. The highest BCUT2D eigenvalue weighted by Crippen LogP contribution is 2.18. The molecule has 2 nitrogen and oxygen atoms in total. The zero-order valence-electron chi connectivity index (χ0n) is 7.25. The fraction of sp³-hybridized carbons (Fsp3) is 0.889. The average Bonchev–Trinajstić information content (AvgIpc) is 2.07. The minimum atomic E-state index is 0.676. The fourth-order valence-corrected chi connectivity index (χ4v) is 1.67. The van der Waals surface area contributed by atoms with Crippen LogP contribution in [0.15, 0.2) is 0 Å². The van der Waals surface area contributed by atoms with Crippen LogP contribution in [-0.4, -0.2) is 30.8 Å². The maximum Gasteiger partial charge on any atom is 0.120 e. The molecule has 0 aromatic heterocycles. The normalized spacial score (nSPS) is 21.9. The minimum Gasteiger partial charge on any atom is -0.304 e. The summed E-state index contributed by atoms with van der Waals surface area (Å²) >= 11 is 0. The van der Waals surface area contributed by atoms with Crippen LogP contribution < -0.4 is 0 Å². The molecule has 0 spiro atoms. The molecule has 0 atom stereocenters. The Morgan fingerprint density at radius 3 is 2.55 bits per heavy atom. The summed E-state index contributed by atoms with van der Waals surface area (Å²) in [5, 5.41) is 0. The fourth-order valence-electron chi connectivity index (χ4n) is 1.67. The van der Waals surface area contributed by atoms with Gasteiger partial charge < -0.3 is 9.69 Å². The number of likely N-dealkylation sites (tertiary alicyclic amines) is 1. The Bertz CT molecular complexity index is 117. The number of piperidine rings is 1. The van der Waals surface area contributed by atoms with Crippen molar-refractivity contribution in [3.63, 3.8) is 0 Å². The lowest BCUT2D eigenvalue weighted by atomic mass is 9.94. The van der Waals surface area contributed by atoms with E-state index in [1.165, 1.54) is 25.9 Å². The van der Waals surface area contributed by atoms with Gasteiger partial charge in [0.1, 0.15) is 6.29 Å². The van der Waals surface area contributed by atoms with Gasteiger partial charge >= 0.3 is 0 Å². The minimum absolute atomic E-state index is 0.676. The van der Waals surface area contributed by atoms with Crippen molar-refractivity contribution in [2.24, 2.45) is 5.92 Å². The molecule has 1 fully saturated rings. The van der Waals surface area contributed by atoms with Crippen LogP contribution in [0.4, 0.5) is 0 Å². The molecule has 0 saturated carbocycles. The molecule has 2 heteroatoms. The van der Waals surface area contributed by atoms with Gasteiger partial charge in [-0.15, -0.1) is 0 Å². The maximum atomic E-state index is 10.2. The Labute approximate surface area is 68.6 Å². The van der Waals surface area contributed by atoms with Crippen LogP contribution in [0.2, 0.25) is 0 Å². The molecule has 0 radical (unpaired) electrons. The summed E-state index contributed by atoms with van der Waals surface area (Å²) in [6.45, 7) is 5.73. The van der Waals surface area contributed by atoms with E-state index in [0.717, 1.165) is 19.3 Å². The first-order chi connectivity index (χ1) is 5.36. The third-order valence-electron chi connectivity index (χ3n) is 2.58. The molecular weight excluding hydrogens is 138 g/mol. The molecule has 0 N–H and O–H groups in total. The van der Waals surface area contributed by atoms with Crippen molar-refractivity contribution in [3.8, 4) is 0 Å². The lowest BCUT2D eigenvalue weighted by Gasteiger charge is -2.29. The predicted molar refractivity (Wildman–Crippen MR) is 45.5 cm³/mol. The average molecular weight is 155 g/mol. The molecule has 1 aliphatic rings. The first-order valence-electron chi connectivity index (χ1n) is 4.52. The van der Waals surface area contributed by atoms with Crippen LogP contribution in [0.25, 0.3) is 0 Å². The van der Waals surface area contributed by atoms with Gasteiger partial charge in [-0.2, -0.15) is 0 Å².